The van der Waals surface area contributed by atoms with Crippen LogP contribution in [0.15, 0.2) is 23.1 Å². The molecule has 0 aliphatic heterocycles. The Morgan fingerprint density at radius 2 is 2.15 bits per heavy atom. The quantitative estimate of drug-likeness (QED) is 0.424. The standard InChI is InChI=1S/C7H7FO3S.Na/c1-11-6-3-2-5(8)4-7(6)12(9)10;/h2-4H,1H3,(H,9,10);/q;+1/p-1. The number of hydrogen-bond donors (Lipinski definition) is 0. The molecule has 1 aromatic carbocycles. The summed E-state index contributed by atoms with van der Waals surface area (Å²) in [6.45, 7) is 0. The molecule has 0 amide bonds. The summed E-state index contributed by atoms with van der Waals surface area (Å²) >= 11 is -2.47. The van der Waals surface area contributed by atoms with E-state index in [1.807, 2.05) is 0 Å². The molecule has 66 valence electrons. The first-order valence-corrected chi connectivity index (χ1v) is 4.15. The number of methoxy groups -OCH3 is 1. The summed E-state index contributed by atoms with van der Waals surface area (Å²) in [7, 11) is 1.32. The van der Waals surface area contributed by atoms with Crippen LogP contribution in [0.3, 0.4) is 0 Å². The number of hydrogen-bond acceptors (Lipinski definition) is 3. The average Bonchev–Trinajstić information content (AvgIpc) is 2.04. The molecule has 0 aliphatic rings. The molecule has 0 fully saturated rings. The van der Waals surface area contributed by atoms with E-state index in [1.165, 1.54) is 13.2 Å². The van der Waals surface area contributed by atoms with Crippen LogP contribution < -0.4 is 34.3 Å². The van der Waals surface area contributed by atoms with E-state index in [4.69, 9.17) is 4.74 Å². The molecule has 1 unspecified atom stereocenters. The van der Waals surface area contributed by atoms with Crippen LogP contribution in [-0.4, -0.2) is 15.9 Å². The van der Waals surface area contributed by atoms with Crippen LogP contribution >= 0.6 is 0 Å². The van der Waals surface area contributed by atoms with E-state index in [-0.39, 0.29) is 40.2 Å². The van der Waals surface area contributed by atoms with Crippen molar-refractivity contribution in [2.75, 3.05) is 7.11 Å². The van der Waals surface area contributed by atoms with Crippen LogP contribution in [0.4, 0.5) is 4.39 Å². The smallest absolute Gasteiger partial charge is 0.768 e. The van der Waals surface area contributed by atoms with Gasteiger partial charge in [-0.1, -0.05) is 0 Å². The van der Waals surface area contributed by atoms with Gasteiger partial charge in [-0.25, -0.2) is 4.39 Å². The van der Waals surface area contributed by atoms with Crippen molar-refractivity contribution < 1.29 is 47.4 Å². The Morgan fingerprint density at radius 3 is 2.62 bits per heavy atom. The van der Waals surface area contributed by atoms with Gasteiger partial charge < -0.3 is 9.29 Å². The molecular weight excluding hydrogens is 206 g/mol. The van der Waals surface area contributed by atoms with Crippen LogP contribution in [0, 0.1) is 5.82 Å². The largest absolute Gasteiger partial charge is 1.00 e. The number of ether oxygens (including phenoxy) is 1. The van der Waals surface area contributed by atoms with Gasteiger partial charge in [-0.15, -0.1) is 0 Å². The van der Waals surface area contributed by atoms with Crippen molar-refractivity contribution in [3.63, 3.8) is 0 Å². The van der Waals surface area contributed by atoms with Crippen molar-refractivity contribution in [1.82, 2.24) is 0 Å². The fourth-order valence-electron chi connectivity index (χ4n) is 0.781. The van der Waals surface area contributed by atoms with Gasteiger partial charge in [-0.2, -0.15) is 0 Å². The fourth-order valence-corrected chi connectivity index (χ4v) is 1.31. The van der Waals surface area contributed by atoms with Gasteiger partial charge >= 0.3 is 29.6 Å². The number of benzene rings is 1. The Labute approximate surface area is 99.9 Å². The Bertz CT molecular complexity index is 319. The first kappa shape index (κ1) is 13.1. The summed E-state index contributed by atoms with van der Waals surface area (Å²) < 4.78 is 38.2. The van der Waals surface area contributed by atoms with E-state index in [2.05, 4.69) is 0 Å². The van der Waals surface area contributed by atoms with Gasteiger partial charge in [0, 0.05) is 0 Å². The zero-order valence-electron chi connectivity index (χ0n) is 7.24. The van der Waals surface area contributed by atoms with E-state index in [0.717, 1.165) is 12.1 Å². The molecule has 1 atom stereocenters. The third-order valence-electron chi connectivity index (χ3n) is 1.31. The normalized spacial score (nSPS) is 11.6. The summed E-state index contributed by atoms with van der Waals surface area (Å²) in [5.74, 6) is -0.459. The Morgan fingerprint density at radius 1 is 1.54 bits per heavy atom. The maximum Gasteiger partial charge on any atom is 1.00 e. The minimum atomic E-state index is -2.47. The molecular formula is C7H6FNaO3S. The van der Waals surface area contributed by atoms with Crippen LogP contribution in [0.1, 0.15) is 0 Å². The second kappa shape index (κ2) is 5.72. The third-order valence-corrected chi connectivity index (χ3v) is 1.98. The second-order valence-corrected chi connectivity index (χ2v) is 2.94. The van der Waals surface area contributed by atoms with Gasteiger partial charge in [0.1, 0.15) is 11.6 Å². The molecule has 1 rings (SSSR count). The van der Waals surface area contributed by atoms with Gasteiger partial charge in [-0.05, 0) is 29.3 Å². The van der Waals surface area contributed by atoms with Gasteiger partial charge in [0.25, 0.3) is 0 Å². The molecule has 0 saturated heterocycles. The fraction of sp³-hybridized carbons (Fsp3) is 0.143. The summed E-state index contributed by atoms with van der Waals surface area (Å²) in [5.41, 5.74) is 0. The molecule has 0 aliphatic carbocycles. The maximum atomic E-state index is 12.5. The Kier molecular flexibility index (Phi) is 5.75. The van der Waals surface area contributed by atoms with Crippen LogP contribution in [-0.2, 0) is 11.1 Å². The summed E-state index contributed by atoms with van der Waals surface area (Å²) in [4.78, 5) is -0.169. The summed E-state index contributed by atoms with van der Waals surface area (Å²) in [6, 6.07) is 3.30. The molecule has 0 spiro atoms. The van der Waals surface area contributed by atoms with Gasteiger partial charge in [-0.3, -0.25) is 4.21 Å². The SMILES string of the molecule is COc1ccc(F)cc1S(=O)[O-].[Na+]. The van der Waals surface area contributed by atoms with E-state index >= 15 is 0 Å². The van der Waals surface area contributed by atoms with Crippen molar-refractivity contribution in [1.29, 1.82) is 0 Å². The van der Waals surface area contributed by atoms with Crippen LogP contribution in [0.25, 0.3) is 0 Å². The Hall–Kier alpha value is 0.0600. The molecule has 0 aromatic heterocycles. The zero-order valence-corrected chi connectivity index (χ0v) is 10.1. The molecule has 1 aromatic rings. The summed E-state index contributed by atoms with van der Waals surface area (Å²) in [6.07, 6.45) is 0. The minimum Gasteiger partial charge on any atom is -0.768 e. The minimum absolute atomic E-state index is 0. The number of rotatable bonds is 2. The van der Waals surface area contributed by atoms with Crippen LogP contribution in [0.5, 0.6) is 5.75 Å². The van der Waals surface area contributed by atoms with E-state index in [1.54, 1.807) is 0 Å². The van der Waals surface area contributed by atoms with E-state index in [9.17, 15) is 13.2 Å². The van der Waals surface area contributed by atoms with Crippen molar-refractivity contribution in [2.45, 2.75) is 4.90 Å². The molecule has 0 N–H and O–H groups in total. The first-order valence-electron chi connectivity index (χ1n) is 3.08. The monoisotopic (exact) mass is 212 g/mol. The van der Waals surface area contributed by atoms with Crippen molar-refractivity contribution >= 4 is 11.1 Å². The second-order valence-electron chi connectivity index (χ2n) is 2.03. The predicted molar refractivity (Wildman–Crippen MR) is 40.1 cm³/mol. The first-order chi connectivity index (χ1) is 5.65. The van der Waals surface area contributed by atoms with E-state index < -0.39 is 16.9 Å². The van der Waals surface area contributed by atoms with Crippen molar-refractivity contribution in [3.05, 3.63) is 24.0 Å². The zero-order chi connectivity index (χ0) is 9.14. The Balaban J connectivity index is 0.00000144. The number of halogens is 1. The molecule has 0 heterocycles. The molecule has 0 saturated carbocycles. The van der Waals surface area contributed by atoms with Gasteiger partial charge in [0.05, 0.1) is 12.0 Å². The molecule has 3 nitrogen and oxygen atoms in total. The summed E-state index contributed by atoms with van der Waals surface area (Å²) in [5, 5.41) is 0. The van der Waals surface area contributed by atoms with Crippen LogP contribution in [0.2, 0.25) is 0 Å². The topological polar surface area (TPSA) is 49.4 Å². The molecule has 0 radical (unpaired) electrons. The molecule has 6 heteroatoms. The van der Waals surface area contributed by atoms with Crippen molar-refractivity contribution in [3.8, 4) is 5.75 Å². The molecule has 13 heavy (non-hydrogen) atoms. The molecule has 0 bridgehead atoms. The van der Waals surface area contributed by atoms with E-state index in [0.29, 0.717) is 0 Å². The maximum absolute atomic E-state index is 12.5. The van der Waals surface area contributed by atoms with Gasteiger partial charge in [0.15, 0.2) is 0 Å². The van der Waals surface area contributed by atoms with Crippen molar-refractivity contribution in [2.24, 2.45) is 0 Å². The predicted octanol–water partition coefficient (Wildman–Crippen LogP) is -1.92. The third kappa shape index (κ3) is 3.36. The van der Waals surface area contributed by atoms with Gasteiger partial charge in [0.2, 0.25) is 0 Å². The average molecular weight is 212 g/mol.